The molecule has 2 aromatic carbocycles. The van der Waals surface area contributed by atoms with E-state index in [2.05, 4.69) is 4.72 Å². The van der Waals surface area contributed by atoms with Gasteiger partial charge in [0.25, 0.3) is 0 Å². The summed E-state index contributed by atoms with van der Waals surface area (Å²) >= 11 is 1.56. The van der Waals surface area contributed by atoms with E-state index in [0.29, 0.717) is 16.8 Å². The summed E-state index contributed by atoms with van der Waals surface area (Å²) in [5.74, 6) is -0.946. The third-order valence-corrected chi connectivity index (χ3v) is 4.80. The molecule has 0 fully saturated rings. The van der Waals surface area contributed by atoms with Gasteiger partial charge in [0, 0.05) is 16.1 Å². The molecule has 6 nitrogen and oxygen atoms in total. The average molecular weight is 393 g/mol. The molecule has 0 aromatic heterocycles. The second-order valence-corrected chi connectivity index (χ2v) is 8.22. The number of hydrogen-bond acceptors (Lipinski definition) is 6. The van der Waals surface area contributed by atoms with E-state index in [1.54, 1.807) is 36.0 Å². The molecule has 1 N–H and O–H groups in total. The first-order valence-corrected chi connectivity index (χ1v) is 10.8. The number of nitrogens with one attached hydrogen (secondary N) is 1. The van der Waals surface area contributed by atoms with Gasteiger partial charge in [-0.2, -0.15) is 0 Å². The number of anilines is 1. The molecule has 0 spiro atoms. The fourth-order valence-electron chi connectivity index (χ4n) is 2.16. The van der Waals surface area contributed by atoms with Crippen molar-refractivity contribution in [1.29, 1.82) is 0 Å². The minimum absolute atomic E-state index is 0.321. The highest BCUT2D eigenvalue weighted by Crippen LogP contribution is 2.17. The molecule has 2 aromatic rings. The molecule has 0 aliphatic carbocycles. The number of sulfonamides is 1. The Hall–Kier alpha value is -2.32. The van der Waals surface area contributed by atoms with Crippen molar-refractivity contribution in [2.75, 3.05) is 17.2 Å². The Kier molecular flexibility index (Phi) is 6.44. The van der Waals surface area contributed by atoms with Gasteiger partial charge in [-0.25, -0.2) is 13.2 Å². The lowest BCUT2D eigenvalue weighted by molar-refractivity contribution is 0.0319. The summed E-state index contributed by atoms with van der Waals surface area (Å²) in [6.07, 6.45) is 2.01. The summed E-state index contributed by atoms with van der Waals surface area (Å²) in [6.45, 7) is 1.50. The zero-order valence-corrected chi connectivity index (χ0v) is 16.2. The van der Waals surface area contributed by atoms with Crippen molar-refractivity contribution in [3.8, 4) is 0 Å². The maximum absolute atomic E-state index is 12.4. The van der Waals surface area contributed by atoms with Gasteiger partial charge in [0.05, 0.1) is 11.8 Å². The molecule has 1 unspecified atom stereocenters. The van der Waals surface area contributed by atoms with Crippen LogP contribution in [0.4, 0.5) is 5.69 Å². The maximum Gasteiger partial charge on any atom is 0.338 e. The first kappa shape index (κ1) is 20.0. The van der Waals surface area contributed by atoms with E-state index < -0.39 is 22.1 Å². The van der Waals surface area contributed by atoms with Crippen LogP contribution < -0.4 is 4.72 Å². The fourth-order valence-corrected chi connectivity index (χ4v) is 3.13. The predicted octanol–water partition coefficient (Wildman–Crippen LogP) is 3.21. The quantitative estimate of drug-likeness (QED) is 0.441. The standard InChI is InChI=1S/C18H19NO5S2/c1-12(24-18(21)14-6-10-16(25-2)11-7-14)17(20)13-4-8-15(9-5-13)19-26(3,22)23/h4-12,19H,1-3H3. The topological polar surface area (TPSA) is 89.5 Å². The van der Waals surface area contributed by atoms with Gasteiger partial charge in [-0.1, -0.05) is 0 Å². The average Bonchev–Trinajstić information content (AvgIpc) is 2.60. The third-order valence-electron chi connectivity index (χ3n) is 3.45. The molecular formula is C18H19NO5S2. The van der Waals surface area contributed by atoms with E-state index in [0.717, 1.165) is 11.2 Å². The van der Waals surface area contributed by atoms with E-state index in [1.165, 1.54) is 31.2 Å². The molecule has 0 heterocycles. The zero-order valence-electron chi connectivity index (χ0n) is 14.6. The van der Waals surface area contributed by atoms with Crippen molar-refractivity contribution in [2.24, 2.45) is 0 Å². The van der Waals surface area contributed by atoms with Crippen LogP contribution in [0.3, 0.4) is 0 Å². The molecule has 0 aliphatic heterocycles. The summed E-state index contributed by atoms with van der Waals surface area (Å²) in [4.78, 5) is 25.6. The Bertz CT molecular complexity index is 890. The van der Waals surface area contributed by atoms with Crippen molar-refractivity contribution >= 4 is 39.2 Å². The Balaban J connectivity index is 2.03. The molecule has 1 atom stereocenters. The lowest BCUT2D eigenvalue weighted by atomic mass is 10.1. The fraction of sp³-hybridized carbons (Fsp3) is 0.222. The number of esters is 1. The van der Waals surface area contributed by atoms with E-state index in [9.17, 15) is 18.0 Å². The van der Waals surface area contributed by atoms with Gasteiger partial charge in [-0.3, -0.25) is 9.52 Å². The van der Waals surface area contributed by atoms with E-state index in [4.69, 9.17) is 4.74 Å². The molecule has 2 rings (SSSR count). The Labute approximate surface area is 157 Å². The van der Waals surface area contributed by atoms with E-state index in [1.807, 2.05) is 6.26 Å². The minimum atomic E-state index is -3.38. The number of benzene rings is 2. The minimum Gasteiger partial charge on any atom is -0.451 e. The van der Waals surface area contributed by atoms with Gasteiger partial charge in [0.2, 0.25) is 15.8 Å². The molecular weight excluding hydrogens is 374 g/mol. The van der Waals surface area contributed by atoms with Crippen molar-refractivity contribution in [1.82, 2.24) is 0 Å². The summed E-state index contributed by atoms with van der Waals surface area (Å²) in [5, 5.41) is 0. The largest absolute Gasteiger partial charge is 0.451 e. The molecule has 0 radical (unpaired) electrons. The van der Waals surface area contributed by atoms with Gasteiger partial charge >= 0.3 is 5.97 Å². The lowest BCUT2D eigenvalue weighted by Gasteiger charge is -2.13. The first-order valence-electron chi connectivity index (χ1n) is 7.66. The van der Waals surface area contributed by atoms with Crippen molar-refractivity contribution in [3.05, 3.63) is 59.7 Å². The van der Waals surface area contributed by atoms with Crippen molar-refractivity contribution in [2.45, 2.75) is 17.9 Å². The van der Waals surface area contributed by atoms with Gasteiger partial charge in [-0.15, -0.1) is 11.8 Å². The van der Waals surface area contributed by atoms with Crippen LogP contribution in [0.25, 0.3) is 0 Å². The van der Waals surface area contributed by atoms with Crippen LogP contribution in [-0.4, -0.2) is 38.8 Å². The molecule has 0 saturated carbocycles. The van der Waals surface area contributed by atoms with Crippen molar-refractivity contribution < 1.29 is 22.7 Å². The van der Waals surface area contributed by atoms with E-state index in [-0.39, 0.29) is 5.78 Å². The van der Waals surface area contributed by atoms with Crippen LogP contribution in [-0.2, 0) is 14.8 Å². The van der Waals surface area contributed by atoms with Gasteiger partial charge in [0.15, 0.2) is 6.10 Å². The summed E-state index contributed by atoms with van der Waals surface area (Å²) in [6, 6.07) is 12.8. The molecule has 0 saturated heterocycles. The summed E-state index contributed by atoms with van der Waals surface area (Å²) in [5.41, 5.74) is 1.04. The smallest absolute Gasteiger partial charge is 0.338 e. The van der Waals surface area contributed by atoms with Gasteiger partial charge in [-0.05, 0) is 61.7 Å². The third kappa shape index (κ3) is 5.60. The number of ether oxygens (including phenoxy) is 1. The van der Waals surface area contributed by atoms with E-state index >= 15 is 0 Å². The van der Waals surface area contributed by atoms with Crippen LogP contribution in [0.15, 0.2) is 53.4 Å². The highest BCUT2D eigenvalue weighted by Gasteiger charge is 2.20. The van der Waals surface area contributed by atoms with Gasteiger partial charge in [0.1, 0.15) is 0 Å². The molecule has 0 bridgehead atoms. The highest BCUT2D eigenvalue weighted by molar-refractivity contribution is 7.98. The predicted molar refractivity (Wildman–Crippen MR) is 102 cm³/mol. The molecule has 138 valence electrons. The maximum atomic E-state index is 12.4. The number of Topliss-reactive ketones (excluding diaryl/α,β-unsaturated/α-hetero) is 1. The van der Waals surface area contributed by atoms with Crippen LogP contribution in [0.1, 0.15) is 27.6 Å². The summed E-state index contributed by atoms with van der Waals surface area (Å²) in [7, 11) is -3.38. The second-order valence-electron chi connectivity index (χ2n) is 5.59. The number of carbonyl (C=O) groups is 2. The SMILES string of the molecule is CSc1ccc(C(=O)OC(C)C(=O)c2ccc(NS(C)(=O)=O)cc2)cc1. The van der Waals surface area contributed by atoms with Crippen LogP contribution in [0.2, 0.25) is 0 Å². The zero-order chi connectivity index (χ0) is 19.3. The number of thioether (sulfide) groups is 1. The van der Waals surface area contributed by atoms with Crippen molar-refractivity contribution in [3.63, 3.8) is 0 Å². The molecule has 0 aliphatic rings. The van der Waals surface area contributed by atoms with Gasteiger partial charge < -0.3 is 4.74 Å². The molecule has 8 heteroatoms. The molecule has 0 amide bonds. The second kappa shape index (κ2) is 8.37. The molecule has 26 heavy (non-hydrogen) atoms. The Morgan fingerprint density at radius 2 is 1.54 bits per heavy atom. The number of carbonyl (C=O) groups excluding carboxylic acids is 2. The number of ketones is 1. The highest BCUT2D eigenvalue weighted by atomic mass is 32.2. The van der Waals surface area contributed by atoms with Crippen LogP contribution in [0.5, 0.6) is 0 Å². The lowest BCUT2D eigenvalue weighted by Crippen LogP contribution is -2.24. The normalized spacial score (nSPS) is 12.3. The summed E-state index contributed by atoms with van der Waals surface area (Å²) < 4.78 is 29.9. The first-order chi connectivity index (χ1) is 12.2. The monoisotopic (exact) mass is 393 g/mol. The number of rotatable bonds is 7. The Morgan fingerprint density at radius 1 is 1.00 bits per heavy atom. The number of hydrogen-bond donors (Lipinski definition) is 1. The van der Waals surface area contributed by atoms with Crippen LogP contribution >= 0.6 is 11.8 Å². The Morgan fingerprint density at radius 3 is 2.04 bits per heavy atom. The van der Waals surface area contributed by atoms with Crippen LogP contribution in [0, 0.1) is 0 Å².